The Morgan fingerprint density at radius 2 is 1.86 bits per heavy atom. The van der Waals surface area contributed by atoms with Crippen molar-refractivity contribution in [3.8, 4) is 5.75 Å². The van der Waals surface area contributed by atoms with E-state index < -0.39 is 6.10 Å². The Morgan fingerprint density at radius 1 is 1.14 bits per heavy atom. The third-order valence-corrected chi connectivity index (χ3v) is 6.47. The molecule has 0 radical (unpaired) electrons. The number of amides is 1. The van der Waals surface area contributed by atoms with Gasteiger partial charge in [-0.1, -0.05) is 71.9 Å². The van der Waals surface area contributed by atoms with Gasteiger partial charge in [0.2, 0.25) is 5.91 Å². The Morgan fingerprint density at radius 3 is 2.52 bits per heavy atom. The van der Waals surface area contributed by atoms with Crippen molar-refractivity contribution in [1.29, 1.82) is 0 Å². The molecule has 1 amide bonds. The third-order valence-electron chi connectivity index (χ3n) is 6.47. The Balaban J connectivity index is 2.18. The van der Waals surface area contributed by atoms with Crippen LogP contribution in [0.3, 0.4) is 0 Å². The van der Waals surface area contributed by atoms with Gasteiger partial charge in [-0.25, -0.2) is 0 Å². The molecule has 1 heterocycles. The van der Waals surface area contributed by atoms with Gasteiger partial charge in [-0.2, -0.15) is 0 Å². The standard InChI is InChI=1S/C25H41NO3/c1-5-7-9-10-15-25(3,4)19-12-13-21(23(28)17-19)22-18-20(27)14-16-26(22)24(29)11-8-6-2/h12-13,17,20,22,27-28H,5-11,14-16,18H2,1-4H3/t20-,22+/m1/s1. The number of likely N-dealkylation sites (tertiary alicyclic amines) is 1. The lowest BCUT2D eigenvalue weighted by atomic mass is 9.79. The number of benzene rings is 1. The molecule has 2 N–H and O–H groups in total. The Labute approximate surface area is 177 Å². The molecule has 1 aromatic rings. The number of hydrogen-bond acceptors (Lipinski definition) is 3. The maximum Gasteiger partial charge on any atom is 0.223 e. The minimum Gasteiger partial charge on any atom is -0.508 e. The topological polar surface area (TPSA) is 60.8 Å². The van der Waals surface area contributed by atoms with Crippen molar-refractivity contribution in [2.75, 3.05) is 6.54 Å². The fourth-order valence-corrected chi connectivity index (χ4v) is 4.40. The van der Waals surface area contributed by atoms with E-state index in [0.717, 1.165) is 30.4 Å². The van der Waals surface area contributed by atoms with Crippen LogP contribution in [-0.4, -0.2) is 33.7 Å². The Bertz CT molecular complexity index is 655. The molecule has 0 unspecified atom stereocenters. The SMILES string of the molecule is CCCCCCC(C)(C)c1ccc([C@@H]2C[C@H](O)CCN2C(=O)CCCC)c(O)c1. The normalized spacial score (nSPS) is 20.1. The maximum absolute atomic E-state index is 12.7. The first-order valence-corrected chi connectivity index (χ1v) is 11.6. The molecule has 2 rings (SSSR count). The molecule has 1 saturated heterocycles. The van der Waals surface area contributed by atoms with E-state index in [-0.39, 0.29) is 23.1 Å². The van der Waals surface area contributed by atoms with Gasteiger partial charge in [0.25, 0.3) is 0 Å². The number of aliphatic hydroxyl groups is 1. The van der Waals surface area contributed by atoms with Crippen LogP contribution in [0.25, 0.3) is 0 Å². The predicted molar refractivity (Wildman–Crippen MR) is 119 cm³/mol. The van der Waals surface area contributed by atoms with Crippen molar-refractivity contribution in [1.82, 2.24) is 4.90 Å². The summed E-state index contributed by atoms with van der Waals surface area (Å²) in [6.07, 6.45) is 9.11. The summed E-state index contributed by atoms with van der Waals surface area (Å²) in [5.41, 5.74) is 1.90. The number of carbonyl (C=O) groups excluding carboxylic acids is 1. The largest absolute Gasteiger partial charge is 0.508 e. The van der Waals surface area contributed by atoms with Gasteiger partial charge in [-0.3, -0.25) is 4.79 Å². The monoisotopic (exact) mass is 403 g/mol. The number of carbonyl (C=O) groups is 1. The number of aliphatic hydroxyl groups excluding tert-OH is 1. The molecule has 1 aliphatic rings. The predicted octanol–water partition coefficient (Wildman–Crippen LogP) is 5.85. The summed E-state index contributed by atoms with van der Waals surface area (Å²) in [7, 11) is 0. The molecule has 29 heavy (non-hydrogen) atoms. The quantitative estimate of drug-likeness (QED) is 0.481. The summed E-state index contributed by atoms with van der Waals surface area (Å²) >= 11 is 0. The van der Waals surface area contributed by atoms with Gasteiger partial charge in [0.15, 0.2) is 0 Å². The van der Waals surface area contributed by atoms with Gasteiger partial charge < -0.3 is 15.1 Å². The number of phenolic OH excluding ortho intramolecular Hbond substituents is 1. The van der Waals surface area contributed by atoms with Crippen LogP contribution in [0.4, 0.5) is 0 Å². The van der Waals surface area contributed by atoms with Crippen LogP contribution in [0.1, 0.15) is 109 Å². The zero-order valence-electron chi connectivity index (χ0n) is 18.9. The van der Waals surface area contributed by atoms with Crippen molar-refractivity contribution in [2.45, 2.75) is 109 Å². The first-order valence-electron chi connectivity index (χ1n) is 11.6. The molecule has 164 valence electrons. The summed E-state index contributed by atoms with van der Waals surface area (Å²) in [4.78, 5) is 14.6. The molecular formula is C25H41NO3. The second kappa shape index (κ2) is 11.0. The second-order valence-electron chi connectivity index (χ2n) is 9.35. The zero-order valence-corrected chi connectivity index (χ0v) is 18.9. The number of unbranched alkanes of at least 4 members (excludes halogenated alkanes) is 4. The highest BCUT2D eigenvalue weighted by molar-refractivity contribution is 5.77. The first-order chi connectivity index (χ1) is 13.8. The van der Waals surface area contributed by atoms with Crippen molar-refractivity contribution in [3.05, 3.63) is 29.3 Å². The molecule has 1 aliphatic heterocycles. The van der Waals surface area contributed by atoms with E-state index in [1.54, 1.807) is 0 Å². The lowest BCUT2D eigenvalue weighted by molar-refractivity contribution is -0.137. The van der Waals surface area contributed by atoms with E-state index in [9.17, 15) is 15.0 Å². The number of nitrogens with zero attached hydrogens (tertiary/aromatic N) is 1. The van der Waals surface area contributed by atoms with E-state index in [4.69, 9.17) is 0 Å². The summed E-state index contributed by atoms with van der Waals surface area (Å²) < 4.78 is 0. The van der Waals surface area contributed by atoms with Crippen molar-refractivity contribution in [3.63, 3.8) is 0 Å². The molecule has 2 atom stereocenters. The van der Waals surface area contributed by atoms with E-state index in [1.807, 2.05) is 17.0 Å². The molecule has 0 aliphatic carbocycles. The fraction of sp³-hybridized carbons (Fsp3) is 0.720. The van der Waals surface area contributed by atoms with Gasteiger partial charge in [-0.15, -0.1) is 0 Å². The summed E-state index contributed by atoms with van der Waals surface area (Å²) in [6.45, 7) is 9.33. The molecule has 1 aromatic carbocycles. The number of rotatable bonds is 10. The lowest BCUT2D eigenvalue weighted by Gasteiger charge is -2.39. The van der Waals surface area contributed by atoms with Crippen molar-refractivity contribution < 1.29 is 15.0 Å². The number of aromatic hydroxyl groups is 1. The van der Waals surface area contributed by atoms with Crippen LogP contribution in [0.15, 0.2) is 18.2 Å². The van der Waals surface area contributed by atoms with Crippen LogP contribution in [0, 0.1) is 0 Å². The average molecular weight is 404 g/mol. The van der Waals surface area contributed by atoms with Crippen LogP contribution in [0.5, 0.6) is 5.75 Å². The summed E-state index contributed by atoms with van der Waals surface area (Å²) in [5, 5.41) is 21.1. The third kappa shape index (κ3) is 6.47. The smallest absolute Gasteiger partial charge is 0.223 e. The Kier molecular flexibility index (Phi) is 9.01. The zero-order chi connectivity index (χ0) is 21.4. The molecule has 0 saturated carbocycles. The van der Waals surface area contributed by atoms with E-state index >= 15 is 0 Å². The van der Waals surface area contributed by atoms with Gasteiger partial charge >= 0.3 is 0 Å². The highest BCUT2D eigenvalue weighted by Gasteiger charge is 2.33. The van der Waals surface area contributed by atoms with Gasteiger partial charge in [0.1, 0.15) is 5.75 Å². The highest BCUT2D eigenvalue weighted by Crippen LogP contribution is 2.39. The average Bonchev–Trinajstić information content (AvgIpc) is 2.69. The van der Waals surface area contributed by atoms with Crippen LogP contribution >= 0.6 is 0 Å². The highest BCUT2D eigenvalue weighted by atomic mass is 16.3. The van der Waals surface area contributed by atoms with Crippen LogP contribution < -0.4 is 0 Å². The fourth-order valence-electron chi connectivity index (χ4n) is 4.40. The van der Waals surface area contributed by atoms with Crippen LogP contribution in [0.2, 0.25) is 0 Å². The molecule has 0 bridgehead atoms. The molecule has 1 fully saturated rings. The number of hydrogen-bond donors (Lipinski definition) is 2. The molecule has 4 nitrogen and oxygen atoms in total. The Hall–Kier alpha value is -1.55. The molecular weight excluding hydrogens is 362 g/mol. The van der Waals surface area contributed by atoms with Crippen molar-refractivity contribution in [2.24, 2.45) is 0 Å². The minimum atomic E-state index is -0.427. The maximum atomic E-state index is 12.7. The molecule has 0 aromatic heterocycles. The van der Waals surface area contributed by atoms with Crippen LogP contribution in [-0.2, 0) is 10.2 Å². The van der Waals surface area contributed by atoms with E-state index in [1.165, 1.54) is 25.7 Å². The summed E-state index contributed by atoms with van der Waals surface area (Å²) in [6, 6.07) is 5.71. The van der Waals surface area contributed by atoms with Gasteiger partial charge in [0.05, 0.1) is 12.1 Å². The van der Waals surface area contributed by atoms with Gasteiger partial charge in [0, 0.05) is 18.5 Å². The second-order valence-corrected chi connectivity index (χ2v) is 9.35. The van der Waals surface area contributed by atoms with Crippen molar-refractivity contribution >= 4 is 5.91 Å². The van der Waals surface area contributed by atoms with E-state index in [2.05, 4.69) is 33.8 Å². The number of phenols is 1. The van der Waals surface area contributed by atoms with Gasteiger partial charge in [-0.05, 0) is 42.7 Å². The number of piperidine rings is 1. The molecule has 0 spiro atoms. The summed E-state index contributed by atoms with van der Waals surface area (Å²) in [5.74, 6) is 0.375. The molecule has 4 heteroatoms. The lowest BCUT2D eigenvalue weighted by Crippen LogP contribution is -2.42. The van der Waals surface area contributed by atoms with E-state index in [0.29, 0.717) is 25.8 Å². The minimum absolute atomic E-state index is 0.00641. The first kappa shape index (κ1) is 23.7.